The van der Waals surface area contributed by atoms with Gasteiger partial charge in [-0.1, -0.05) is 18.2 Å². The average Bonchev–Trinajstić information content (AvgIpc) is 3.13. The first-order valence-corrected chi connectivity index (χ1v) is 8.43. The lowest BCUT2D eigenvalue weighted by molar-refractivity contribution is -0.126. The van der Waals surface area contributed by atoms with Crippen LogP contribution >= 0.6 is 11.3 Å². The number of nitrogens with one attached hydrogen (secondary N) is 2. The molecule has 0 spiro atoms. The molecule has 2 amide bonds. The summed E-state index contributed by atoms with van der Waals surface area (Å²) in [4.78, 5) is 32.0. The van der Waals surface area contributed by atoms with Crippen LogP contribution in [0.15, 0.2) is 47.0 Å². The molecule has 0 saturated carbocycles. The summed E-state index contributed by atoms with van der Waals surface area (Å²) in [5.74, 6) is -0.604. The van der Waals surface area contributed by atoms with E-state index in [1.165, 1.54) is 18.3 Å². The van der Waals surface area contributed by atoms with E-state index in [-0.39, 0.29) is 11.8 Å². The molecule has 3 rings (SSSR count). The van der Waals surface area contributed by atoms with Crippen molar-refractivity contribution in [1.29, 1.82) is 0 Å². The normalized spacial score (nSPS) is 13.2. The van der Waals surface area contributed by atoms with Gasteiger partial charge in [0.1, 0.15) is 6.04 Å². The Morgan fingerprint density at radius 1 is 1.38 bits per heavy atom. The number of thiazole rings is 1. The standard InChI is InChI=1S/C17H18N4O2S/c1-11(22)19-15(16(23)20-17-21(2)7-8-24-17)9-12-10-18-14-6-4-3-5-13(12)14/h3-8,10,15,18H,9H2,1-2H3,(H,19,22). The predicted molar refractivity (Wildman–Crippen MR) is 93.5 cm³/mol. The Bertz CT molecular complexity index is 951. The van der Waals surface area contributed by atoms with Gasteiger partial charge in [0, 0.05) is 49.1 Å². The molecule has 7 heteroatoms. The summed E-state index contributed by atoms with van der Waals surface area (Å²) in [7, 11) is 1.83. The molecule has 1 atom stereocenters. The minimum absolute atomic E-state index is 0.251. The molecule has 124 valence electrons. The van der Waals surface area contributed by atoms with Crippen molar-refractivity contribution in [1.82, 2.24) is 14.9 Å². The molecule has 1 aromatic carbocycles. The Morgan fingerprint density at radius 3 is 2.88 bits per heavy atom. The summed E-state index contributed by atoms with van der Waals surface area (Å²) < 4.78 is 1.78. The van der Waals surface area contributed by atoms with Crippen LogP contribution in [0, 0.1) is 0 Å². The van der Waals surface area contributed by atoms with Crippen molar-refractivity contribution in [3.63, 3.8) is 0 Å². The topological polar surface area (TPSA) is 79.2 Å². The number of amides is 2. The van der Waals surface area contributed by atoms with E-state index >= 15 is 0 Å². The first-order chi connectivity index (χ1) is 11.5. The molecule has 1 unspecified atom stereocenters. The second-order valence-electron chi connectivity index (χ2n) is 5.56. The first kappa shape index (κ1) is 16.2. The Morgan fingerprint density at radius 2 is 2.17 bits per heavy atom. The molecule has 0 bridgehead atoms. The number of carbonyl (C=O) groups excluding carboxylic acids is 2. The molecule has 2 heterocycles. The highest BCUT2D eigenvalue weighted by atomic mass is 32.1. The van der Waals surface area contributed by atoms with E-state index in [9.17, 15) is 9.59 Å². The SMILES string of the molecule is CC(=O)NC(Cc1c[nH]c2ccccc12)C(=O)N=c1sccn1C. The van der Waals surface area contributed by atoms with Gasteiger partial charge >= 0.3 is 0 Å². The molecular weight excluding hydrogens is 324 g/mol. The second-order valence-corrected chi connectivity index (χ2v) is 6.44. The van der Waals surface area contributed by atoms with E-state index in [1.54, 1.807) is 4.57 Å². The summed E-state index contributed by atoms with van der Waals surface area (Å²) in [5, 5.41) is 5.62. The molecule has 6 nitrogen and oxygen atoms in total. The summed E-state index contributed by atoms with van der Waals surface area (Å²) in [6.07, 6.45) is 4.10. The summed E-state index contributed by atoms with van der Waals surface area (Å²) in [6, 6.07) is 7.18. The third kappa shape index (κ3) is 3.46. The highest BCUT2D eigenvalue weighted by Gasteiger charge is 2.21. The first-order valence-electron chi connectivity index (χ1n) is 7.55. The zero-order valence-corrected chi connectivity index (χ0v) is 14.3. The van der Waals surface area contributed by atoms with Crippen LogP contribution in [-0.2, 0) is 23.1 Å². The summed E-state index contributed by atoms with van der Waals surface area (Å²) in [5.41, 5.74) is 1.98. The fraction of sp³-hybridized carbons (Fsp3) is 0.235. The molecule has 3 aromatic rings. The minimum atomic E-state index is -0.691. The number of H-pyrrole nitrogens is 1. The Hall–Kier alpha value is -2.67. The lowest BCUT2D eigenvalue weighted by Gasteiger charge is -2.13. The smallest absolute Gasteiger partial charge is 0.271 e. The van der Waals surface area contributed by atoms with E-state index in [2.05, 4.69) is 15.3 Å². The molecule has 0 aliphatic heterocycles. The van der Waals surface area contributed by atoms with Crippen LogP contribution in [0.5, 0.6) is 0 Å². The number of rotatable bonds is 4. The van der Waals surface area contributed by atoms with Crippen LogP contribution in [0.2, 0.25) is 0 Å². The maximum atomic E-state index is 12.6. The molecule has 0 radical (unpaired) electrons. The zero-order valence-electron chi connectivity index (χ0n) is 13.4. The van der Waals surface area contributed by atoms with E-state index in [4.69, 9.17) is 0 Å². The third-order valence-electron chi connectivity index (χ3n) is 3.74. The van der Waals surface area contributed by atoms with Crippen molar-refractivity contribution >= 4 is 34.1 Å². The molecular formula is C17H18N4O2S. The maximum absolute atomic E-state index is 12.6. The van der Waals surface area contributed by atoms with Gasteiger partial charge in [0.25, 0.3) is 5.91 Å². The molecule has 0 fully saturated rings. The highest BCUT2D eigenvalue weighted by Crippen LogP contribution is 2.19. The summed E-state index contributed by atoms with van der Waals surface area (Å²) >= 11 is 1.38. The van der Waals surface area contributed by atoms with E-state index < -0.39 is 6.04 Å². The number of para-hydroxylation sites is 1. The van der Waals surface area contributed by atoms with E-state index in [0.29, 0.717) is 11.2 Å². The number of benzene rings is 1. The number of hydrogen-bond acceptors (Lipinski definition) is 3. The largest absolute Gasteiger partial charge is 0.361 e. The van der Waals surface area contributed by atoms with Gasteiger partial charge in [-0.15, -0.1) is 11.3 Å². The van der Waals surface area contributed by atoms with Crippen molar-refractivity contribution < 1.29 is 9.59 Å². The van der Waals surface area contributed by atoms with Gasteiger partial charge in [0.05, 0.1) is 0 Å². The lowest BCUT2D eigenvalue weighted by Crippen LogP contribution is -2.41. The van der Waals surface area contributed by atoms with Crippen molar-refractivity contribution in [2.24, 2.45) is 12.0 Å². The Kier molecular flexibility index (Phi) is 4.61. The van der Waals surface area contributed by atoms with E-state index in [0.717, 1.165) is 16.5 Å². The minimum Gasteiger partial charge on any atom is -0.361 e. The molecule has 2 aromatic heterocycles. The van der Waals surface area contributed by atoms with Crippen LogP contribution in [0.25, 0.3) is 10.9 Å². The Labute approximate surface area is 142 Å². The number of fused-ring (bicyclic) bond motifs is 1. The van der Waals surface area contributed by atoms with Gasteiger partial charge in [0.15, 0.2) is 4.80 Å². The number of aromatic amines is 1. The number of aryl methyl sites for hydroxylation is 1. The highest BCUT2D eigenvalue weighted by molar-refractivity contribution is 7.07. The van der Waals surface area contributed by atoms with Crippen LogP contribution in [0.4, 0.5) is 0 Å². The number of hydrogen-bond donors (Lipinski definition) is 2. The van der Waals surface area contributed by atoms with Gasteiger partial charge in [0.2, 0.25) is 5.91 Å². The predicted octanol–water partition coefficient (Wildman–Crippen LogP) is 1.74. The third-order valence-corrected chi connectivity index (χ3v) is 4.59. The molecule has 2 N–H and O–H groups in total. The Balaban J connectivity index is 1.91. The van der Waals surface area contributed by atoms with Crippen LogP contribution in [-0.4, -0.2) is 27.4 Å². The maximum Gasteiger partial charge on any atom is 0.271 e. The van der Waals surface area contributed by atoms with Gasteiger partial charge in [-0.05, 0) is 11.6 Å². The van der Waals surface area contributed by atoms with Gasteiger partial charge in [-0.25, -0.2) is 0 Å². The van der Waals surface area contributed by atoms with Crippen LogP contribution < -0.4 is 10.1 Å². The molecule has 0 aliphatic carbocycles. The fourth-order valence-electron chi connectivity index (χ4n) is 2.57. The van der Waals surface area contributed by atoms with Crippen molar-refractivity contribution in [3.05, 3.63) is 52.4 Å². The molecule has 0 aliphatic rings. The average molecular weight is 342 g/mol. The molecule has 24 heavy (non-hydrogen) atoms. The zero-order chi connectivity index (χ0) is 17.1. The number of nitrogens with zero attached hydrogens (tertiary/aromatic N) is 2. The second kappa shape index (κ2) is 6.84. The monoisotopic (exact) mass is 342 g/mol. The van der Waals surface area contributed by atoms with Gasteiger partial charge in [-0.3, -0.25) is 9.59 Å². The van der Waals surface area contributed by atoms with Crippen molar-refractivity contribution in [2.45, 2.75) is 19.4 Å². The van der Waals surface area contributed by atoms with Crippen molar-refractivity contribution in [2.75, 3.05) is 0 Å². The van der Waals surface area contributed by atoms with Gasteiger partial charge in [-0.2, -0.15) is 4.99 Å². The quantitative estimate of drug-likeness (QED) is 0.757. The van der Waals surface area contributed by atoms with Gasteiger partial charge < -0.3 is 14.9 Å². The summed E-state index contributed by atoms with van der Waals surface area (Å²) in [6.45, 7) is 1.40. The van der Waals surface area contributed by atoms with Crippen LogP contribution in [0.1, 0.15) is 12.5 Å². The lowest BCUT2D eigenvalue weighted by atomic mass is 10.0. The van der Waals surface area contributed by atoms with E-state index in [1.807, 2.05) is 49.1 Å². The van der Waals surface area contributed by atoms with Crippen molar-refractivity contribution in [3.8, 4) is 0 Å². The van der Waals surface area contributed by atoms with Crippen LogP contribution in [0.3, 0.4) is 0 Å². The fourth-order valence-corrected chi connectivity index (χ4v) is 3.31. The molecule has 0 saturated heterocycles. The number of carbonyl (C=O) groups is 2. The number of aromatic nitrogens is 2.